The summed E-state index contributed by atoms with van der Waals surface area (Å²) in [6.07, 6.45) is -4.40. The van der Waals surface area contributed by atoms with E-state index in [1.54, 1.807) is 30.0 Å². The molecule has 2 heterocycles. The molecule has 1 fully saturated rings. The van der Waals surface area contributed by atoms with E-state index in [0.717, 1.165) is 65.0 Å². The Morgan fingerprint density at radius 2 is 1.69 bits per heavy atom. The van der Waals surface area contributed by atoms with Crippen LogP contribution < -0.4 is 9.79 Å². The molecule has 0 unspecified atom stereocenters. The number of piperazine rings is 1. The molecular formula is C33H33F4N3O3S2. The molecule has 0 amide bonds. The molecule has 12 heteroatoms. The summed E-state index contributed by atoms with van der Waals surface area (Å²) in [7, 11) is 0. The minimum atomic E-state index is -4.40. The molecule has 6 nitrogen and oxygen atoms in total. The Balaban J connectivity index is 1.34. The highest BCUT2D eigenvalue weighted by atomic mass is 32.2. The molecule has 0 aliphatic carbocycles. The highest BCUT2D eigenvalue weighted by Gasteiger charge is 2.30. The van der Waals surface area contributed by atoms with Crippen LogP contribution in [0.5, 0.6) is 5.75 Å². The summed E-state index contributed by atoms with van der Waals surface area (Å²) in [5.74, 6) is 0.413. The second-order valence-electron chi connectivity index (χ2n) is 11.0. The smallest absolute Gasteiger partial charge is 0.369 e. The van der Waals surface area contributed by atoms with Gasteiger partial charge < -0.3 is 4.90 Å². The highest BCUT2D eigenvalue weighted by molar-refractivity contribution is 7.98. The van der Waals surface area contributed by atoms with Gasteiger partial charge in [0.15, 0.2) is 5.75 Å². The van der Waals surface area contributed by atoms with E-state index in [1.807, 2.05) is 26.0 Å². The summed E-state index contributed by atoms with van der Waals surface area (Å²) in [4.78, 5) is 32.7. The van der Waals surface area contributed by atoms with Crippen molar-refractivity contribution in [3.63, 3.8) is 0 Å². The third kappa shape index (κ3) is 8.56. The van der Waals surface area contributed by atoms with Crippen LogP contribution in [0.4, 0.5) is 23.2 Å². The maximum Gasteiger partial charge on any atom is 0.416 e. The minimum absolute atomic E-state index is 0.120. The molecule has 45 heavy (non-hydrogen) atoms. The molecular weight excluding hydrogens is 627 g/mol. The number of thioether (sulfide) groups is 1. The van der Waals surface area contributed by atoms with Crippen LogP contribution in [0.15, 0.2) is 71.6 Å². The first-order chi connectivity index (χ1) is 21.5. The van der Waals surface area contributed by atoms with Gasteiger partial charge in [-0.15, -0.1) is 23.1 Å². The molecule has 0 radical (unpaired) electrons. The van der Waals surface area contributed by atoms with Crippen molar-refractivity contribution in [3.8, 4) is 16.3 Å². The number of thiazole rings is 1. The number of hydrogen-bond acceptors (Lipinski definition) is 8. The quantitative estimate of drug-likeness (QED) is 0.0732. The van der Waals surface area contributed by atoms with Gasteiger partial charge in [-0.2, -0.15) is 13.2 Å². The van der Waals surface area contributed by atoms with Crippen LogP contribution >= 0.6 is 23.1 Å². The second kappa shape index (κ2) is 14.2. The first-order valence-electron chi connectivity index (χ1n) is 14.5. The van der Waals surface area contributed by atoms with E-state index in [-0.39, 0.29) is 11.7 Å². The van der Waals surface area contributed by atoms with E-state index >= 15 is 0 Å². The van der Waals surface area contributed by atoms with Gasteiger partial charge in [0.2, 0.25) is 0 Å². The number of aromatic nitrogens is 1. The van der Waals surface area contributed by atoms with E-state index < -0.39 is 17.7 Å². The molecule has 0 atom stereocenters. The minimum Gasteiger partial charge on any atom is -0.369 e. The molecule has 238 valence electrons. The number of nitrogens with zero attached hydrogens (tertiary/aromatic N) is 3. The van der Waals surface area contributed by atoms with Crippen LogP contribution in [0.1, 0.15) is 48.4 Å². The zero-order chi connectivity index (χ0) is 32.1. The van der Waals surface area contributed by atoms with Crippen molar-refractivity contribution in [3.05, 3.63) is 94.2 Å². The molecule has 0 spiro atoms. The number of hydrogen-bond donors (Lipinski definition) is 0. The first-order valence-corrected chi connectivity index (χ1v) is 16.3. The number of alkyl halides is 3. The number of rotatable bonds is 10. The van der Waals surface area contributed by atoms with Crippen LogP contribution in [0.3, 0.4) is 0 Å². The molecule has 5 rings (SSSR count). The van der Waals surface area contributed by atoms with E-state index in [9.17, 15) is 22.4 Å². The van der Waals surface area contributed by atoms with Gasteiger partial charge in [-0.25, -0.2) is 14.2 Å². The van der Waals surface area contributed by atoms with Crippen molar-refractivity contribution in [2.75, 3.05) is 31.1 Å². The Bertz CT molecular complexity index is 1600. The summed E-state index contributed by atoms with van der Waals surface area (Å²) in [5, 5.41) is 0.673. The molecule has 0 N–H and O–H groups in total. The summed E-state index contributed by atoms with van der Waals surface area (Å²) in [6.45, 7) is 9.08. The Morgan fingerprint density at radius 1 is 1.00 bits per heavy atom. The molecule has 0 bridgehead atoms. The molecule has 0 saturated carbocycles. The van der Waals surface area contributed by atoms with Crippen molar-refractivity contribution in [1.29, 1.82) is 0 Å². The van der Waals surface area contributed by atoms with Crippen molar-refractivity contribution in [2.24, 2.45) is 0 Å². The van der Waals surface area contributed by atoms with Gasteiger partial charge in [0.1, 0.15) is 10.8 Å². The molecule has 1 saturated heterocycles. The zero-order valence-corrected chi connectivity index (χ0v) is 26.7. The number of anilines is 1. The number of carbonyl (C=O) groups excluding carboxylic acids is 1. The van der Waals surface area contributed by atoms with Crippen molar-refractivity contribution >= 4 is 34.8 Å². The molecule has 4 aromatic rings. The maximum atomic E-state index is 13.4. The fourth-order valence-electron chi connectivity index (χ4n) is 4.97. The average Bonchev–Trinajstić information content (AvgIpc) is 3.42. The van der Waals surface area contributed by atoms with Crippen molar-refractivity contribution in [2.45, 2.75) is 50.1 Å². The second-order valence-corrected chi connectivity index (χ2v) is 13.1. The lowest BCUT2D eigenvalue weighted by Crippen LogP contribution is -2.46. The van der Waals surface area contributed by atoms with Crippen molar-refractivity contribution in [1.82, 2.24) is 9.88 Å². The van der Waals surface area contributed by atoms with Gasteiger partial charge in [-0.3, -0.25) is 14.7 Å². The first kappa shape index (κ1) is 32.8. The van der Waals surface area contributed by atoms with Gasteiger partial charge in [0.25, 0.3) is 0 Å². The third-order valence-electron chi connectivity index (χ3n) is 7.40. The predicted octanol–water partition coefficient (Wildman–Crippen LogP) is 8.56. The van der Waals surface area contributed by atoms with Gasteiger partial charge >= 0.3 is 12.1 Å². The third-order valence-corrected chi connectivity index (χ3v) is 9.75. The van der Waals surface area contributed by atoms with Crippen LogP contribution in [-0.2, 0) is 28.2 Å². The molecule has 1 aromatic heterocycles. The zero-order valence-electron chi connectivity index (χ0n) is 25.1. The highest BCUT2D eigenvalue weighted by Crippen LogP contribution is 2.37. The van der Waals surface area contributed by atoms with Crippen LogP contribution in [0, 0.1) is 5.82 Å². The Morgan fingerprint density at radius 3 is 2.31 bits per heavy atom. The number of benzene rings is 3. The van der Waals surface area contributed by atoms with Gasteiger partial charge in [0.05, 0.1) is 11.3 Å². The summed E-state index contributed by atoms with van der Waals surface area (Å²) >= 11 is 3.12. The standard InChI is InChI=1S/C33H33F4N3O3S2/c1-21(2)28-18-27(12-13-30(28)43-42-22(3)41)44-20-31-29(38-32(45-31)23-4-6-24(7-5-23)33(35,36)37)19-39-14-16-40(17-15-39)26-10-8-25(34)9-11-26/h4-13,18,21H,14-17,19-20H2,1-3H3. The summed E-state index contributed by atoms with van der Waals surface area (Å²) < 4.78 is 52.9. The fraction of sp³-hybridized carbons (Fsp3) is 0.333. The Kier molecular flexibility index (Phi) is 10.4. The Labute approximate surface area is 267 Å². The lowest BCUT2D eigenvalue weighted by atomic mass is 10.0. The molecule has 3 aromatic carbocycles. The van der Waals surface area contributed by atoms with E-state index in [0.29, 0.717) is 28.6 Å². The number of halogens is 4. The molecule has 1 aliphatic rings. The Hall–Kier alpha value is -3.61. The van der Waals surface area contributed by atoms with E-state index in [1.165, 1.54) is 42.5 Å². The normalized spacial score (nSPS) is 14.2. The van der Waals surface area contributed by atoms with Crippen molar-refractivity contribution < 1.29 is 32.1 Å². The van der Waals surface area contributed by atoms with Crippen LogP contribution in [-0.4, -0.2) is 42.0 Å². The van der Waals surface area contributed by atoms with E-state index in [4.69, 9.17) is 14.8 Å². The number of carbonyl (C=O) groups is 1. The van der Waals surface area contributed by atoms with E-state index in [2.05, 4.69) is 9.80 Å². The lowest BCUT2D eigenvalue weighted by molar-refractivity contribution is -0.211. The van der Waals surface area contributed by atoms with Gasteiger partial charge in [0, 0.05) is 72.0 Å². The molecule has 1 aliphatic heterocycles. The topological polar surface area (TPSA) is 54.9 Å². The fourth-order valence-corrected chi connectivity index (χ4v) is 7.09. The predicted molar refractivity (Wildman–Crippen MR) is 169 cm³/mol. The van der Waals surface area contributed by atoms with Crippen LogP contribution in [0.2, 0.25) is 0 Å². The summed E-state index contributed by atoms with van der Waals surface area (Å²) in [5.41, 5.74) is 2.73. The van der Waals surface area contributed by atoms with Crippen LogP contribution in [0.25, 0.3) is 10.6 Å². The maximum absolute atomic E-state index is 13.4. The van der Waals surface area contributed by atoms with Gasteiger partial charge in [-0.1, -0.05) is 26.0 Å². The lowest BCUT2D eigenvalue weighted by Gasteiger charge is -2.36. The van der Waals surface area contributed by atoms with Gasteiger partial charge in [-0.05, 0) is 60.5 Å². The summed E-state index contributed by atoms with van der Waals surface area (Å²) in [6, 6.07) is 17.3. The monoisotopic (exact) mass is 659 g/mol. The largest absolute Gasteiger partial charge is 0.416 e. The SMILES string of the molecule is CC(=O)OOc1ccc(SCc2sc(-c3ccc(C(F)(F)F)cc3)nc2CN2CCN(c3ccc(F)cc3)CC2)cc1C(C)C. The average molecular weight is 660 g/mol.